The number of rotatable bonds is 2. The highest BCUT2D eigenvalue weighted by Crippen LogP contribution is 2.57. The van der Waals surface area contributed by atoms with Crippen molar-refractivity contribution in [1.82, 2.24) is 0 Å². The maximum absolute atomic E-state index is 12.7. The van der Waals surface area contributed by atoms with Crippen molar-refractivity contribution >= 4 is 17.7 Å². The Morgan fingerprint density at radius 3 is 2.62 bits per heavy atom. The molecule has 0 radical (unpaired) electrons. The van der Waals surface area contributed by atoms with Crippen molar-refractivity contribution < 1.29 is 29.0 Å². The summed E-state index contributed by atoms with van der Waals surface area (Å²) < 4.78 is 11.2. The highest BCUT2D eigenvalue weighted by atomic mass is 16.6. The molecule has 0 spiro atoms. The summed E-state index contributed by atoms with van der Waals surface area (Å²) in [4.78, 5) is 37.5. The fourth-order valence-corrected chi connectivity index (χ4v) is 4.80. The van der Waals surface area contributed by atoms with Gasteiger partial charge in [-0.05, 0) is 52.7 Å². The van der Waals surface area contributed by atoms with Gasteiger partial charge >= 0.3 is 11.9 Å². The van der Waals surface area contributed by atoms with Crippen molar-refractivity contribution in [2.45, 2.75) is 64.8 Å². The number of aliphatic hydroxyl groups is 1. The molecule has 1 N–H and O–H groups in total. The Balaban J connectivity index is 1.99. The van der Waals surface area contributed by atoms with Crippen LogP contribution in [0.25, 0.3) is 0 Å². The first kappa shape index (κ1) is 18.8. The van der Waals surface area contributed by atoms with E-state index in [0.29, 0.717) is 18.4 Å². The molecule has 6 nitrogen and oxygen atoms in total. The van der Waals surface area contributed by atoms with E-state index < -0.39 is 46.5 Å². The van der Waals surface area contributed by atoms with Crippen LogP contribution in [0.15, 0.2) is 23.8 Å². The van der Waals surface area contributed by atoms with E-state index >= 15 is 0 Å². The van der Waals surface area contributed by atoms with E-state index in [-0.39, 0.29) is 5.78 Å². The molecule has 3 rings (SSSR count). The fraction of sp³-hybridized carbons (Fsp3) is 0.650. The maximum atomic E-state index is 12.7. The highest BCUT2D eigenvalue weighted by molar-refractivity contribution is 5.97. The third-order valence-electron chi connectivity index (χ3n) is 6.57. The molecule has 1 saturated heterocycles. The van der Waals surface area contributed by atoms with Crippen molar-refractivity contribution in [3.8, 4) is 0 Å². The monoisotopic (exact) mass is 362 g/mol. The van der Waals surface area contributed by atoms with Gasteiger partial charge in [-0.3, -0.25) is 4.79 Å². The minimum atomic E-state index is -1.42. The van der Waals surface area contributed by atoms with Crippen molar-refractivity contribution in [3.63, 3.8) is 0 Å². The Kier molecular flexibility index (Phi) is 4.18. The van der Waals surface area contributed by atoms with Gasteiger partial charge in [-0.15, -0.1) is 0 Å². The fourth-order valence-electron chi connectivity index (χ4n) is 4.80. The van der Waals surface area contributed by atoms with Crippen molar-refractivity contribution in [2.75, 3.05) is 0 Å². The largest absolute Gasteiger partial charge is 0.458 e. The predicted octanol–water partition coefficient (Wildman–Crippen LogP) is 2.10. The predicted molar refractivity (Wildman–Crippen MR) is 92.9 cm³/mol. The standard InChI is InChI=1S/C20H26O6/c1-6-11(2)16(22)26-20(5)12-7-9-18(3)13(21)8-10-19(4,24)15(18)14(12)25-17(20)23/h6,8,10,12,14-15,24H,7,9H2,1-5H3/b11-6-/t12-,14-,15+,18-,19-,20+/m1/s1. The molecule has 0 bridgehead atoms. The molecule has 3 aliphatic rings. The summed E-state index contributed by atoms with van der Waals surface area (Å²) in [5, 5.41) is 10.9. The molecule has 26 heavy (non-hydrogen) atoms. The molecule has 0 aromatic carbocycles. The van der Waals surface area contributed by atoms with Crippen LogP contribution in [0.5, 0.6) is 0 Å². The van der Waals surface area contributed by atoms with Crippen LogP contribution >= 0.6 is 0 Å². The van der Waals surface area contributed by atoms with Gasteiger partial charge in [0.15, 0.2) is 5.78 Å². The molecular formula is C20H26O6. The van der Waals surface area contributed by atoms with Gasteiger partial charge in [-0.25, -0.2) is 9.59 Å². The second-order valence-corrected chi connectivity index (χ2v) is 8.30. The van der Waals surface area contributed by atoms with E-state index in [4.69, 9.17) is 9.47 Å². The van der Waals surface area contributed by atoms with Gasteiger partial charge in [0.05, 0.1) is 5.60 Å². The quantitative estimate of drug-likeness (QED) is 0.598. The lowest BCUT2D eigenvalue weighted by molar-refractivity contribution is -0.171. The van der Waals surface area contributed by atoms with Crippen LogP contribution in [0.2, 0.25) is 0 Å². The molecule has 1 heterocycles. The number of allylic oxidation sites excluding steroid dienone is 2. The first-order valence-corrected chi connectivity index (χ1v) is 9.01. The van der Waals surface area contributed by atoms with Crippen LogP contribution in [0.4, 0.5) is 0 Å². The summed E-state index contributed by atoms with van der Waals surface area (Å²) in [5.74, 6) is -2.25. The number of esters is 2. The van der Waals surface area contributed by atoms with Crippen molar-refractivity contribution in [2.24, 2.45) is 17.3 Å². The summed E-state index contributed by atoms with van der Waals surface area (Å²) in [6.07, 6.45) is 4.82. The van der Waals surface area contributed by atoms with Gasteiger partial charge in [0.2, 0.25) is 5.60 Å². The molecule has 2 fully saturated rings. The van der Waals surface area contributed by atoms with Crippen LogP contribution in [0.1, 0.15) is 47.5 Å². The molecule has 142 valence electrons. The SMILES string of the molecule is C/C=C(/C)C(=O)O[C@]1(C)C(=O)O[C@H]2[C@@H]3[C@](C)(O)C=CC(=O)[C@@]3(C)CC[C@H]21. The van der Waals surface area contributed by atoms with Crippen LogP contribution in [-0.2, 0) is 23.9 Å². The highest BCUT2D eigenvalue weighted by Gasteiger charge is 2.68. The topological polar surface area (TPSA) is 89.9 Å². The first-order valence-electron chi connectivity index (χ1n) is 9.01. The molecule has 1 saturated carbocycles. The van der Waals surface area contributed by atoms with Crippen molar-refractivity contribution in [1.29, 1.82) is 0 Å². The Morgan fingerprint density at radius 2 is 2.00 bits per heavy atom. The Morgan fingerprint density at radius 1 is 1.35 bits per heavy atom. The average Bonchev–Trinajstić information content (AvgIpc) is 2.80. The third-order valence-corrected chi connectivity index (χ3v) is 6.57. The van der Waals surface area contributed by atoms with Gasteiger partial charge < -0.3 is 14.6 Å². The molecule has 0 aromatic heterocycles. The van der Waals surface area contributed by atoms with Gasteiger partial charge in [-0.2, -0.15) is 0 Å². The normalized spacial score (nSPS) is 45.0. The van der Waals surface area contributed by atoms with E-state index in [1.165, 1.54) is 12.2 Å². The van der Waals surface area contributed by atoms with Crippen LogP contribution < -0.4 is 0 Å². The molecular weight excluding hydrogens is 336 g/mol. The summed E-state index contributed by atoms with van der Waals surface area (Å²) in [6, 6.07) is 0. The lowest BCUT2D eigenvalue weighted by atomic mass is 9.53. The molecule has 6 heteroatoms. The number of hydrogen-bond donors (Lipinski definition) is 1. The number of hydrogen-bond acceptors (Lipinski definition) is 6. The minimum Gasteiger partial charge on any atom is -0.458 e. The van der Waals surface area contributed by atoms with Gasteiger partial charge in [0.25, 0.3) is 0 Å². The molecule has 0 amide bonds. The first-order chi connectivity index (χ1) is 12.0. The van der Waals surface area contributed by atoms with Crippen LogP contribution in [-0.4, -0.2) is 40.1 Å². The van der Waals surface area contributed by atoms with E-state index in [0.717, 1.165) is 0 Å². The van der Waals surface area contributed by atoms with E-state index in [2.05, 4.69) is 0 Å². The van der Waals surface area contributed by atoms with Crippen LogP contribution in [0, 0.1) is 17.3 Å². The Hall–Kier alpha value is -1.95. The molecule has 0 unspecified atom stereocenters. The molecule has 1 aliphatic heterocycles. The average molecular weight is 362 g/mol. The van der Waals surface area contributed by atoms with E-state index in [9.17, 15) is 19.5 Å². The Labute approximate surface area is 153 Å². The third kappa shape index (κ3) is 2.46. The summed E-state index contributed by atoms with van der Waals surface area (Å²) >= 11 is 0. The van der Waals surface area contributed by atoms with Crippen molar-refractivity contribution in [3.05, 3.63) is 23.8 Å². The lowest BCUT2D eigenvalue weighted by Gasteiger charge is -2.52. The molecule has 0 aromatic rings. The number of carbonyl (C=O) groups excluding carboxylic acids is 3. The molecule has 2 aliphatic carbocycles. The summed E-state index contributed by atoms with van der Waals surface area (Å²) in [7, 11) is 0. The van der Waals surface area contributed by atoms with E-state index in [1.807, 2.05) is 6.92 Å². The number of carbonyl (C=O) groups is 3. The smallest absolute Gasteiger partial charge is 0.351 e. The zero-order valence-electron chi connectivity index (χ0n) is 15.9. The molecule has 6 atom stereocenters. The maximum Gasteiger partial charge on any atom is 0.351 e. The second-order valence-electron chi connectivity index (χ2n) is 8.30. The zero-order chi connectivity index (χ0) is 19.5. The Bertz CT molecular complexity index is 733. The van der Waals surface area contributed by atoms with Crippen LogP contribution in [0.3, 0.4) is 0 Å². The van der Waals surface area contributed by atoms with E-state index in [1.54, 1.807) is 33.8 Å². The minimum absolute atomic E-state index is 0.0705. The zero-order valence-corrected chi connectivity index (χ0v) is 15.9. The van der Waals surface area contributed by atoms with Gasteiger partial charge in [0, 0.05) is 22.8 Å². The summed E-state index contributed by atoms with van der Waals surface area (Å²) in [6.45, 7) is 8.35. The van der Waals surface area contributed by atoms with Gasteiger partial charge in [0.1, 0.15) is 6.10 Å². The summed E-state index contributed by atoms with van der Waals surface area (Å²) in [5.41, 5.74) is -3.12. The van der Waals surface area contributed by atoms with Gasteiger partial charge in [-0.1, -0.05) is 13.0 Å². The number of ketones is 1. The number of ether oxygens (including phenoxy) is 2. The lowest BCUT2D eigenvalue weighted by Crippen LogP contribution is -2.60. The number of fused-ring (bicyclic) bond motifs is 3. The second kappa shape index (κ2) is 5.78.